The maximum atomic E-state index is 6.08. The number of nitrogens with one attached hydrogen (secondary N) is 1. The highest BCUT2D eigenvalue weighted by atomic mass is 15.2. The van der Waals surface area contributed by atoms with Crippen molar-refractivity contribution in [1.29, 1.82) is 0 Å². The van der Waals surface area contributed by atoms with Crippen molar-refractivity contribution in [3.05, 3.63) is 36.7 Å². The average molecular weight is 243 g/mol. The third-order valence-corrected chi connectivity index (χ3v) is 2.67. The van der Waals surface area contributed by atoms with Crippen molar-refractivity contribution < 1.29 is 0 Å². The summed E-state index contributed by atoms with van der Waals surface area (Å²) in [4.78, 5) is 10.3. The number of benzene rings is 1. The van der Waals surface area contributed by atoms with Gasteiger partial charge in [0.25, 0.3) is 0 Å². The van der Waals surface area contributed by atoms with E-state index in [1.807, 2.05) is 49.2 Å². The molecule has 0 aliphatic rings. The first-order chi connectivity index (χ1) is 8.74. The molecule has 0 bridgehead atoms. The topological polar surface area (TPSA) is 67.1 Å². The molecule has 0 radical (unpaired) electrons. The number of aromatic nitrogens is 2. The van der Waals surface area contributed by atoms with Crippen LogP contribution in [-0.2, 0) is 0 Å². The van der Waals surface area contributed by atoms with Gasteiger partial charge in [0.05, 0.1) is 0 Å². The first-order valence-corrected chi connectivity index (χ1v) is 5.87. The molecule has 0 unspecified atom stereocenters. The van der Waals surface area contributed by atoms with E-state index in [-0.39, 0.29) is 0 Å². The van der Waals surface area contributed by atoms with E-state index in [9.17, 15) is 0 Å². The van der Waals surface area contributed by atoms with Gasteiger partial charge in [-0.1, -0.05) is 18.2 Å². The quantitative estimate of drug-likeness (QED) is 0.862. The smallest absolute Gasteiger partial charge is 0.161 e. The normalized spacial score (nSPS) is 10.1. The van der Waals surface area contributed by atoms with Crippen LogP contribution >= 0.6 is 0 Å². The molecule has 0 aliphatic heterocycles. The monoisotopic (exact) mass is 243 g/mol. The van der Waals surface area contributed by atoms with Crippen LogP contribution in [0.4, 0.5) is 23.0 Å². The summed E-state index contributed by atoms with van der Waals surface area (Å²) in [6.07, 6.45) is 1.52. The molecule has 3 N–H and O–H groups in total. The molecule has 1 aromatic heterocycles. The lowest BCUT2D eigenvalue weighted by Crippen LogP contribution is -2.15. The Labute approximate surface area is 107 Å². The first kappa shape index (κ1) is 12.2. The average Bonchev–Trinajstić information content (AvgIpc) is 2.42. The maximum absolute atomic E-state index is 6.08. The molecule has 0 aliphatic carbocycles. The number of nitrogens with zero attached hydrogens (tertiary/aromatic N) is 3. The van der Waals surface area contributed by atoms with Crippen LogP contribution < -0.4 is 16.0 Å². The van der Waals surface area contributed by atoms with E-state index in [4.69, 9.17) is 5.73 Å². The van der Waals surface area contributed by atoms with E-state index in [1.165, 1.54) is 6.33 Å². The van der Waals surface area contributed by atoms with Crippen LogP contribution in [0.1, 0.15) is 6.92 Å². The Morgan fingerprint density at radius 3 is 2.61 bits per heavy atom. The number of nitrogens with two attached hydrogens (primary N) is 1. The molecule has 2 aromatic rings. The molecule has 94 valence electrons. The highest BCUT2D eigenvalue weighted by Gasteiger charge is 2.12. The predicted octanol–water partition coefficient (Wildman–Crippen LogP) is 2.26. The van der Waals surface area contributed by atoms with Gasteiger partial charge in [-0.2, -0.15) is 0 Å². The second kappa shape index (κ2) is 5.35. The maximum Gasteiger partial charge on any atom is 0.161 e. The van der Waals surface area contributed by atoms with Gasteiger partial charge in [0.15, 0.2) is 11.6 Å². The van der Waals surface area contributed by atoms with E-state index in [0.29, 0.717) is 17.3 Å². The Morgan fingerprint density at radius 1 is 1.22 bits per heavy atom. The lowest BCUT2D eigenvalue weighted by molar-refractivity contribution is 1.07. The Hall–Kier alpha value is -2.30. The summed E-state index contributed by atoms with van der Waals surface area (Å²) < 4.78 is 0. The Morgan fingerprint density at radius 2 is 1.94 bits per heavy atom. The number of anilines is 4. The number of para-hydroxylation sites is 1. The summed E-state index contributed by atoms with van der Waals surface area (Å²) in [7, 11) is 1.93. The molecule has 0 atom stereocenters. The number of hydrogen-bond acceptors (Lipinski definition) is 5. The van der Waals surface area contributed by atoms with Gasteiger partial charge in [0.2, 0.25) is 0 Å². The highest BCUT2D eigenvalue weighted by Crippen LogP contribution is 2.29. The van der Waals surface area contributed by atoms with Crippen molar-refractivity contribution in [2.45, 2.75) is 6.92 Å². The van der Waals surface area contributed by atoms with E-state index < -0.39 is 0 Å². The Balaban J connectivity index is 2.36. The summed E-state index contributed by atoms with van der Waals surface area (Å²) in [5.74, 6) is 1.37. The molecular formula is C13H17N5. The van der Waals surface area contributed by atoms with Crippen LogP contribution in [-0.4, -0.2) is 23.6 Å². The van der Waals surface area contributed by atoms with Crippen molar-refractivity contribution >= 4 is 23.0 Å². The van der Waals surface area contributed by atoms with E-state index in [2.05, 4.69) is 15.3 Å². The van der Waals surface area contributed by atoms with Crippen molar-refractivity contribution in [1.82, 2.24) is 9.97 Å². The molecule has 5 heteroatoms. The Bertz CT molecular complexity index is 512. The number of rotatable bonds is 4. The molecule has 1 heterocycles. The third kappa shape index (κ3) is 2.34. The van der Waals surface area contributed by atoms with Crippen LogP contribution in [0.5, 0.6) is 0 Å². The van der Waals surface area contributed by atoms with Gasteiger partial charge in [0.1, 0.15) is 12.0 Å². The molecule has 0 spiro atoms. The summed E-state index contributed by atoms with van der Waals surface area (Å²) in [5.41, 5.74) is 7.67. The van der Waals surface area contributed by atoms with E-state index >= 15 is 0 Å². The van der Waals surface area contributed by atoms with Gasteiger partial charge in [0, 0.05) is 19.3 Å². The van der Waals surface area contributed by atoms with E-state index in [0.717, 1.165) is 12.2 Å². The highest BCUT2D eigenvalue weighted by molar-refractivity contribution is 5.78. The molecule has 0 saturated heterocycles. The van der Waals surface area contributed by atoms with Crippen LogP contribution in [0.2, 0.25) is 0 Å². The van der Waals surface area contributed by atoms with Gasteiger partial charge < -0.3 is 16.0 Å². The molecule has 0 fully saturated rings. The predicted molar refractivity (Wildman–Crippen MR) is 75.1 cm³/mol. The third-order valence-electron chi connectivity index (χ3n) is 2.67. The standard InChI is InChI=1S/C13H17N5/c1-3-15-12-11(14)13(17-9-16-12)18(2)10-7-5-4-6-8-10/h4-9H,3,14H2,1-2H3,(H,15,16,17). The van der Waals surface area contributed by atoms with Crippen molar-refractivity contribution in [3.8, 4) is 0 Å². The largest absolute Gasteiger partial charge is 0.393 e. The zero-order chi connectivity index (χ0) is 13.0. The van der Waals surface area contributed by atoms with Gasteiger partial charge in [-0.3, -0.25) is 0 Å². The van der Waals surface area contributed by atoms with E-state index in [1.54, 1.807) is 0 Å². The lowest BCUT2D eigenvalue weighted by atomic mass is 10.3. The minimum atomic E-state index is 0.561. The van der Waals surface area contributed by atoms with Crippen LogP contribution in [0, 0.1) is 0 Å². The summed E-state index contributed by atoms with van der Waals surface area (Å²) in [5, 5.41) is 3.12. The molecule has 2 rings (SSSR count). The zero-order valence-electron chi connectivity index (χ0n) is 10.6. The van der Waals surface area contributed by atoms with Crippen LogP contribution in [0.25, 0.3) is 0 Å². The molecule has 5 nitrogen and oxygen atoms in total. The minimum absolute atomic E-state index is 0.561. The fourth-order valence-corrected chi connectivity index (χ4v) is 1.74. The minimum Gasteiger partial charge on any atom is -0.393 e. The zero-order valence-corrected chi connectivity index (χ0v) is 10.6. The fourth-order valence-electron chi connectivity index (χ4n) is 1.74. The second-order valence-electron chi connectivity index (χ2n) is 3.88. The molecule has 0 saturated carbocycles. The van der Waals surface area contributed by atoms with Gasteiger partial charge in [-0.05, 0) is 19.1 Å². The molecule has 18 heavy (non-hydrogen) atoms. The SMILES string of the molecule is CCNc1ncnc(N(C)c2ccccc2)c1N. The Kier molecular flexibility index (Phi) is 3.62. The van der Waals surface area contributed by atoms with Gasteiger partial charge >= 0.3 is 0 Å². The molecule has 1 aromatic carbocycles. The van der Waals surface area contributed by atoms with Crippen LogP contribution in [0.15, 0.2) is 36.7 Å². The van der Waals surface area contributed by atoms with Crippen molar-refractivity contribution in [2.75, 3.05) is 29.5 Å². The lowest BCUT2D eigenvalue weighted by Gasteiger charge is -2.20. The fraction of sp³-hybridized carbons (Fsp3) is 0.231. The van der Waals surface area contributed by atoms with Gasteiger partial charge in [-0.25, -0.2) is 9.97 Å². The first-order valence-electron chi connectivity index (χ1n) is 5.87. The summed E-state index contributed by atoms with van der Waals surface area (Å²) in [6.45, 7) is 2.78. The molecule has 0 amide bonds. The van der Waals surface area contributed by atoms with Gasteiger partial charge in [-0.15, -0.1) is 0 Å². The summed E-state index contributed by atoms with van der Waals surface area (Å²) in [6, 6.07) is 9.95. The van der Waals surface area contributed by atoms with Crippen LogP contribution in [0.3, 0.4) is 0 Å². The summed E-state index contributed by atoms with van der Waals surface area (Å²) >= 11 is 0. The molecular weight excluding hydrogens is 226 g/mol. The second-order valence-corrected chi connectivity index (χ2v) is 3.88. The van der Waals surface area contributed by atoms with Crippen molar-refractivity contribution in [3.63, 3.8) is 0 Å². The number of hydrogen-bond donors (Lipinski definition) is 2. The van der Waals surface area contributed by atoms with Crippen molar-refractivity contribution in [2.24, 2.45) is 0 Å². The number of nitrogen functional groups attached to an aromatic ring is 1.